The summed E-state index contributed by atoms with van der Waals surface area (Å²) in [4.78, 5) is 48.1. The van der Waals surface area contributed by atoms with Gasteiger partial charge in [-0.1, -0.05) is 6.07 Å². The van der Waals surface area contributed by atoms with Crippen molar-refractivity contribution in [2.75, 3.05) is 0 Å². The zero-order chi connectivity index (χ0) is 24.2. The predicted molar refractivity (Wildman–Crippen MR) is 117 cm³/mol. The van der Waals surface area contributed by atoms with Crippen LogP contribution in [-0.2, 0) is 19.9 Å². The molecule has 2 aliphatic rings. The first-order valence-electron chi connectivity index (χ1n) is 10.4. The summed E-state index contributed by atoms with van der Waals surface area (Å²) in [5.74, 6) is -0.706. The predicted octanol–water partition coefficient (Wildman–Crippen LogP) is 4.31. The molecule has 0 N–H and O–H groups in total. The summed E-state index contributed by atoms with van der Waals surface area (Å²) in [5, 5.41) is 0. The molecule has 0 atom stereocenters. The number of hydrogen-bond donors (Lipinski definition) is 0. The maximum Gasteiger partial charge on any atom is 0.340 e. The molecule has 0 unspecified atom stereocenters. The molecule has 3 aromatic rings. The standard InChI is InChI=1S/C26H18O8/c1-13(27)16-4-7-19-22(10-16)26(34-25(19)30)20-8-5-17(31-14(2)28)11-23(20)33-24-12-18(32-15(3)29)6-9-21(24)26/h4-12H,1-3H3. The minimum absolute atomic E-state index is 0.166. The first-order valence-corrected chi connectivity index (χ1v) is 10.4. The van der Waals surface area contributed by atoms with Crippen molar-refractivity contribution < 1.29 is 38.1 Å². The van der Waals surface area contributed by atoms with Crippen molar-refractivity contribution >= 4 is 23.7 Å². The van der Waals surface area contributed by atoms with Crippen LogP contribution in [0.15, 0.2) is 54.6 Å². The zero-order valence-electron chi connectivity index (χ0n) is 18.5. The van der Waals surface area contributed by atoms with Gasteiger partial charge >= 0.3 is 17.9 Å². The second-order valence-corrected chi connectivity index (χ2v) is 7.99. The Morgan fingerprint density at radius 2 is 1.29 bits per heavy atom. The molecular formula is C26H18O8. The third kappa shape index (κ3) is 3.23. The monoisotopic (exact) mass is 458 g/mol. The third-order valence-corrected chi connectivity index (χ3v) is 5.68. The van der Waals surface area contributed by atoms with Gasteiger partial charge in [0.15, 0.2) is 11.4 Å². The summed E-state index contributed by atoms with van der Waals surface area (Å²) < 4.78 is 22.5. The van der Waals surface area contributed by atoms with E-state index in [4.69, 9.17) is 18.9 Å². The number of hydrogen-bond acceptors (Lipinski definition) is 8. The summed E-state index contributed by atoms with van der Waals surface area (Å²) in [6.45, 7) is 4.00. The Hall–Kier alpha value is -4.46. The lowest BCUT2D eigenvalue weighted by Gasteiger charge is -2.36. The van der Waals surface area contributed by atoms with Crippen LogP contribution in [0.5, 0.6) is 23.0 Å². The second kappa shape index (κ2) is 7.55. The lowest BCUT2D eigenvalue weighted by atomic mass is 9.77. The molecule has 0 fully saturated rings. The van der Waals surface area contributed by atoms with Gasteiger partial charge in [0, 0.05) is 48.2 Å². The molecule has 1 spiro atoms. The number of rotatable bonds is 3. The quantitative estimate of drug-likeness (QED) is 0.325. The van der Waals surface area contributed by atoms with Gasteiger partial charge in [-0.25, -0.2) is 4.79 Å². The van der Waals surface area contributed by atoms with Crippen molar-refractivity contribution in [2.24, 2.45) is 0 Å². The average molecular weight is 458 g/mol. The van der Waals surface area contributed by atoms with Crippen LogP contribution in [-0.4, -0.2) is 23.7 Å². The van der Waals surface area contributed by atoms with Crippen LogP contribution < -0.4 is 14.2 Å². The molecule has 0 aromatic heterocycles. The van der Waals surface area contributed by atoms with E-state index >= 15 is 0 Å². The van der Waals surface area contributed by atoms with Crippen molar-refractivity contribution in [2.45, 2.75) is 26.4 Å². The highest BCUT2D eigenvalue weighted by molar-refractivity contribution is 6.00. The van der Waals surface area contributed by atoms with E-state index in [0.29, 0.717) is 27.8 Å². The number of ether oxygens (including phenoxy) is 4. The van der Waals surface area contributed by atoms with Crippen LogP contribution >= 0.6 is 0 Å². The average Bonchev–Trinajstić information content (AvgIpc) is 3.05. The maximum absolute atomic E-state index is 13.0. The van der Waals surface area contributed by atoms with E-state index in [1.165, 1.54) is 32.9 Å². The molecule has 34 heavy (non-hydrogen) atoms. The fraction of sp³-hybridized carbons (Fsp3) is 0.154. The minimum Gasteiger partial charge on any atom is -0.456 e. The van der Waals surface area contributed by atoms with E-state index < -0.39 is 23.5 Å². The van der Waals surface area contributed by atoms with Crippen molar-refractivity contribution in [3.63, 3.8) is 0 Å². The van der Waals surface area contributed by atoms with Crippen LogP contribution in [0.25, 0.3) is 0 Å². The Labute approximate surface area is 194 Å². The molecule has 0 saturated heterocycles. The summed E-state index contributed by atoms with van der Waals surface area (Å²) in [7, 11) is 0. The SMILES string of the molecule is CC(=O)Oc1ccc2c(c1)Oc1cc(OC(C)=O)ccc1C21OC(=O)c2ccc(C(C)=O)cc21. The highest BCUT2D eigenvalue weighted by Gasteiger charge is 2.54. The van der Waals surface area contributed by atoms with Crippen LogP contribution in [0.1, 0.15) is 58.2 Å². The topological polar surface area (TPSA) is 105 Å². The normalized spacial score (nSPS) is 14.3. The highest BCUT2D eigenvalue weighted by atomic mass is 16.6. The maximum atomic E-state index is 13.0. The summed E-state index contributed by atoms with van der Waals surface area (Å²) in [6, 6.07) is 14.3. The van der Waals surface area contributed by atoms with Crippen molar-refractivity contribution in [1.29, 1.82) is 0 Å². The molecule has 2 aliphatic heterocycles. The Morgan fingerprint density at radius 3 is 1.79 bits per heavy atom. The number of ketones is 1. The third-order valence-electron chi connectivity index (χ3n) is 5.68. The molecule has 8 nitrogen and oxygen atoms in total. The van der Waals surface area contributed by atoms with E-state index in [-0.39, 0.29) is 28.8 Å². The Morgan fingerprint density at radius 1 is 0.735 bits per heavy atom. The van der Waals surface area contributed by atoms with Gasteiger partial charge in [-0.15, -0.1) is 0 Å². The molecule has 0 aliphatic carbocycles. The number of carbonyl (C=O) groups excluding carboxylic acids is 4. The first kappa shape index (κ1) is 21.4. The number of carbonyl (C=O) groups is 4. The van der Waals surface area contributed by atoms with Gasteiger partial charge in [-0.2, -0.15) is 0 Å². The molecule has 5 rings (SSSR count). The van der Waals surface area contributed by atoms with Crippen LogP contribution in [0.4, 0.5) is 0 Å². The number of fused-ring (bicyclic) bond motifs is 6. The summed E-state index contributed by atoms with van der Waals surface area (Å²) in [5.41, 5.74) is 0.768. The first-order chi connectivity index (χ1) is 16.2. The van der Waals surface area contributed by atoms with Crippen molar-refractivity contribution in [1.82, 2.24) is 0 Å². The van der Waals surface area contributed by atoms with E-state index in [0.717, 1.165) is 0 Å². The lowest BCUT2D eigenvalue weighted by Crippen LogP contribution is -2.33. The fourth-order valence-corrected chi connectivity index (χ4v) is 4.36. The van der Waals surface area contributed by atoms with Gasteiger partial charge in [-0.3, -0.25) is 14.4 Å². The molecular weight excluding hydrogens is 440 g/mol. The summed E-state index contributed by atoms with van der Waals surface area (Å²) >= 11 is 0. The van der Waals surface area contributed by atoms with E-state index in [2.05, 4.69) is 0 Å². The largest absolute Gasteiger partial charge is 0.456 e. The number of benzene rings is 3. The van der Waals surface area contributed by atoms with Gasteiger partial charge < -0.3 is 18.9 Å². The van der Waals surface area contributed by atoms with Crippen LogP contribution in [0.2, 0.25) is 0 Å². The number of Topliss-reactive ketones (excluding diaryl/α,β-unsaturated/α-hetero) is 1. The van der Waals surface area contributed by atoms with Crippen LogP contribution in [0, 0.1) is 0 Å². The molecule has 0 radical (unpaired) electrons. The van der Waals surface area contributed by atoms with Crippen molar-refractivity contribution in [3.8, 4) is 23.0 Å². The lowest BCUT2D eigenvalue weighted by molar-refractivity contribution is -0.132. The van der Waals surface area contributed by atoms with E-state index in [1.807, 2.05) is 0 Å². The van der Waals surface area contributed by atoms with Gasteiger partial charge in [0.05, 0.1) is 5.56 Å². The van der Waals surface area contributed by atoms with Crippen molar-refractivity contribution in [3.05, 3.63) is 82.4 Å². The van der Waals surface area contributed by atoms with Gasteiger partial charge in [0.1, 0.15) is 23.0 Å². The highest BCUT2D eigenvalue weighted by Crippen LogP contribution is 2.57. The van der Waals surface area contributed by atoms with Gasteiger partial charge in [0.2, 0.25) is 0 Å². The Bertz CT molecular complexity index is 1350. The van der Waals surface area contributed by atoms with E-state index in [9.17, 15) is 19.2 Å². The second-order valence-electron chi connectivity index (χ2n) is 7.99. The molecule has 8 heteroatoms. The smallest absolute Gasteiger partial charge is 0.340 e. The summed E-state index contributed by atoms with van der Waals surface area (Å²) in [6.07, 6.45) is 0. The molecule has 0 bridgehead atoms. The van der Waals surface area contributed by atoms with Crippen LogP contribution in [0.3, 0.4) is 0 Å². The Kier molecular flexibility index (Phi) is 4.75. The molecule has 2 heterocycles. The van der Waals surface area contributed by atoms with E-state index in [1.54, 1.807) is 42.5 Å². The van der Waals surface area contributed by atoms with Gasteiger partial charge in [-0.05, 0) is 43.3 Å². The fourth-order valence-electron chi connectivity index (χ4n) is 4.36. The minimum atomic E-state index is -1.43. The molecule has 170 valence electrons. The number of esters is 3. The zero-order valence-corrected chi connectivity index (χ0v) is 18.5. The van der Waals surface area contributed by atoms with Gasteiger partial charge in [0.25, 0.3) is 0 Å². The molecule has 0 saturated carbocycles. The Balaban J connectivity index is 1.79. The molecule has 0 amide bonds. The molecule has 3 aromatic carbocycles.